The summed E-state index contributed by atoms with van der Waals surface area (Å²) in [4.78, 5) is 11.6. The molecule has 10 rings (SSSR count). The third-order valence-corrected chi connectivity index (χ3v) is 61.7. The van der Waals surface area contributed by atoms with E-state index in [1.807, 2.05) is 5.06 Å². The number of hydrogen-bond acceptors (Lipinski definition) is 5. The van der Waals surface area contributed by atoms with Crippen LogP contribution in [0.4, 0.5) is 0 Å². The summed E-state index contributed by atoms with van der Waals surface area (Å²) in [5.74, 6) is 0. The summed E-state index contributed by atoms with van der Waals surface area (Å²) in [6.07, 6.45) is 4.52. The summed E-state index contributed by atoms with van der Waals surface area (Å²) in [5.41, 5.74) is 0. The Morgan fingerprint density at radius 2 is 1.58 bits per heavy atom. The second kappa shape index (κ2) is 2.48. The number of rotatable bonds is 13. The van der Waals surface area contributed by atoms with Gasteiger partial charge in [-0.3, -0.25) is 0 Å². The van der Waals surface area contributed by atoms with E-state index >= 15 is 0 Å². The average Bonchev–Trinajstić information content (AvgIpc) is 3.67. The second-order valence-corrected chi connectivity index (χ2v) is 39.7. The molecule has 0 aromatic heterocycles. The molecular weight excluding hydrogens is 451 g/mol. The fraction of sp³-hybridized carbons (Fsp3) is 0.958. The first-order chi connectivity index (χ1) is 14.7. The molecule has 10 saturated heterocycles. The van der Waals surface area contributed by atoms with Crippen molar-refractivity contribution >= 4 is 8.60 Å². The topological polar surface area (TPSA) is 54.7 Å². The molecule has 174 valence electrons. The molecule has 10 heterocycles. The van der Waals surface area contributed by atoms with Crippen LogP contribution in [0.15, 0.2) is 0 Å². The van der Waals surface area contributed by atoms with Gasteiger partial charge in [0.25, 0.3) is 0 Å². The minimum absolute atomic E-state index is 0.271. The van der Waals surface area contributed by atoms with E-state index in [0.717, 1.165) is 0 Å². The standard InChI is InChI=1S/C19H32N2O3P.C5H5.Fe/c1-6-7-13-19(18-11-8-9-12-18)23-25(22-15-10-14-20)24-21(16(2)3)17(4)5;1-2-4-5-3-1;/h8-9,11-12,16-17,19H,6-7,10,13,15H2,1-5H3;1-5H;. The Balaban J connectivity index is 1.01. The molecule has 0 bridgehead atoms. The Hall–Kier alpha value is 0.279. The SMILES string of the molecule is CCCCC(OP(OCCC#N)ON(C(C)C)C(C)C)[C]12[CH]3[CH]4[CH]5[CH]1[Fe]45321678[CH]2[CH]1[CH]6[CH]7[CH]28. The van der Waals surface area contributed by atoms with E-state index in [2.05, 4.69) is 40.7 Å². The monoisotopic (exact) mass is 488 g/mol. The molecule has 0 aliphatic carbocycles. The molecular formula is C24H37FeN2O3P. The van der Waals surface area contributed by atoms with Crippen molar-refractivity contribution in [3.8, 4) is 6.07 Å². The fourth-order valence-corrected chi connectivity index (χ4v) is 95.7. The molecule has 5 nitrogen and oxygen atoms in total. The van der Waals surface area contributed by atoms with Gasteiger partial charge in [-0.05, 0) is 0 Å². The van der Waals surface area contributed by atoms with Crippen LogP contribution in [0.25, 0.3) is 0 Å². The zero-order valence-electron chi connectivity index (χ0n) is 19.4. The summed E-state index contributed by atoms with van der Waals surface area (Å²) in [5, 5.41) is 11.1. The molecule has 0 amide bonds. The van der Waals surface area contributed by atoms with Crippen molar-refractivity contribution in [2.45, 2.75) is 126 Å². The van der Waals surface area contributed by atoms with E-state index in [1.165, 1.54) is 62.6 Å². The van der Waals surface area contributed by atoms with E-state index in [9.17, 15) is 0 Å². The third-order valence-electron chi connectivity index (χ3n) is 17.9. The predicted octanol–water partition coefficient (Wildman–Crippen LogP) is 7.53. The van der Waals surface area contributed by atoms with Crippen LogP contribution in [-0.2, 0) is 20.2 Å². The van der Waals surface area contributed by atoms with Crippen molar-refractivity contribution in [1.82, 2.24) is 5.06 Å². The van der Waals surface area contributed by atoms with E-state index in [1.54, 1.807) is 0 Å². The van der Waals surface area contributed by atoms with Gasteiger partial charge < -0.3 is 0 Å². The molecule has 6 atom stereocenters. The summed E-state index contributed by atoms with van der Waals surface area (Å²) in [6.45, 7) is 8.15. The van der Waals surface area contributed by atoms with E-state index in [4.69, 9.17) is 18.9 Å². The average molecular weight is 488 g/mol. The number of unbranched alkanes of at least 4 members (excludes halogenated alkanes) is 1. The number of fused-ring (bicyclic) bond motifs is 10. The molecule has 1 spiro atoms. The Labute approximate surface area is 177 Å². The van der Waals surface area contributed by atoms with Gasteiger partial charge in [0.15, 0.2) is 0 Å². The summed E-state index contributed by atoms with van der Waals surface area (Å²) in [6, 6.07) is 2.76. The molecule has 10 aliphatic heterocycles. The van der Waals surface area contributed by atoms with Crippen molar-refractivity contribution < 1.29 is 20.2 Å². The van der Waals surface area contributed by atoms with Crippen molar-refractivity contribution in [1.29, 1.82) is 5.26 Å². The summed E-state index contributed by atoms with van der Waals surface area (Å²) in [7, 11) is -1.45. The zero-order valence-corrected chi connectivity index (χ0v) is 21.4. The molecule has 0 saturated carbocycles. The van der Waals surface area contributed by atoms with E-state index < -0.39 is 15.1 Å². The van der Waals surface area contributed by atoms with E-state index in [-0.39, 0.29) is 12.1 Å². The summed E-state index contributed by atoms with van der Waals surface area (Å²) >= 11 is 0. The van der Waals surface area contributed by atoms with E-state index in [0.29, 0.717) is 23.4 Å². The first-order valence-electron chi connectivity index (χ1n) is 12.8. The molecule has 10 fully saturated rings. The summed E-state index contributed by atoms with van der Waals surface area (Å²) < 4.78 is 20.4. The van der Waals surface area contributed by atoms with Crippen molar-refractivity contribution in [3.63, 3.8) is 0 Å². The fourth-order valence-electron chi connectivity index (χ4n) is 19.2. The minimum atomic E-state index is -3.26. The van der Waals surface area contributed by atoms with Crippen LogP contribution in [0.2, 0.25) is 47.7 Å². The molecule has 31 heavy (non-hydrogen) atoms. The molecule has 10 aliphatic rings. The third kappa shape index (κ3) is 0.406. The quantitative estimate of drug-likeness (QED) is 0.116. The van der Waals surface area contributed by atoms with Gasteiger partial charge in [0.2, 0.25) is 0 Å². The molecule has 0 aromatic rings. The van der Waals surface area contributed by atoms with Crippen molar-refractivity contribution in [3.05, 3.63) is 0 Å². The van der Waals surface area contributed by atoms with Gasteiger partial charge >= 0.3 is 178 Å². The number of nitriles is 1. The van der Waals surface area contributed by atoms with Gasteiger partial charge in [-0.1, -0.05) is 0 Å². The predicted molar refractivity (Wildman–Crippen MR) is 117 cm³/mol. The van der Waals surface area contributed by atoms with Crippen LogP contribution in [-0.4, -0.2) is 29.9 Å². The maximum absolute atomic E-state index is 9.05. The molecule has 7 heteroatoms. The zero-order chi connectivity index (χ0) is 21.3. The Morgan fingerprint density at radius 3 is 1.97 bits per heavy atom. The van der Waals surface area contributed by atoms with Crippen LogP contribution in [0.5, 0.6) is 0 Å². The van der Waals surface area contributed by atoms with Gasteiger partial charge in [-0.15, -0.1) is 0 Å². The maximum atomic E-state index is 9.05. The molecule has 6 unspecified atom stereocenters. The van der Waals surface area contributed by atoms with Crippen LogP contribution < -0.4 is 0 Å². The number of hydroxylamine groups is 2. The van der Waals surface area contributed by atoms with Gasteiger partial charge in [0, 0.05) is 0 Å². The van der Waals surface area contributed by atoms with Crippen LogP contribution >= 0.6 is 8.60 Å². The van der Waals surface area contributed by atoms with Crippen LogP contribution in [0.3, 0.4) is 0 Å². The van der Waals surface area contributed by atoms with Gasteiger partial charge in [-0.25, -0.2) is 0 Å². The van der Waals surface area contributed by atoms with Gasteiger partial charge in [-0.2, -0.15) is 0 Å². The molecule has 0 aromatic carbocycles. The van der Waals surface area contributed by atoms with Crippen molar-refractivity contribution in [2.24, 2.45) is 0 Å². The molecule has 0 radical (unpaired) electrons. The second-order valence-electron chi connectivity index (χ2n) is 15.1. The van der Waals surface area contributed by atoms with Crippen molar-refractivity contribution in [2.75, 3.05) is 6.61 Å². The molecule has 0 N–H and O–H groups in total. The Kier molecular flexibility index (Phi) is 1.41. The first-order valence-corrected chi connectivity index (χ1v) is 20.2. The Morgan fingerprint density at radius 1 is 1.00 bits per heavy atom. The van der Waals surface area contributed by atoms with Crippen LogP contribution in [0, 0.1) is 11.3 Å². The number of hydrogen-bond donors (Lipinski definition) is 0. The first kappa shape index (κ1) is 17.7. The van der Waals surface area contributed by atoms with Crippen LogP contribution in [0.1, 0.15) is 60.3 Å². The van der Waals surface area contributed by atoms with Gasteiger partial charge in [0.05, 0.1) is 0 Å². The normalized spacial score (nSPS) is 73.2. The van der Waals surface area contributed by atoms with Gasteiger partial charge in [0.1, 0.15) is 0 Å². The Bertz CT molecular complexity index is 1220. The number of nitrogens with zero attached hydrogens (tertiary/aromatic N) is 2.